The minimum Gasteiger partial charge on any atom is -0.492 e. The number of carbonyl (C=O) groups excluding carboxylic acids is 1. The van der Waals surface area contributed by atoms with Crippen molar-refractivity contribution in [3.8, 4) is 5.75 Å². The van der Waals surface area contributed by atoms with Crippen molar-refractivity contribution < 1.29 is 13.9 Å². The first-order valence-corrected chi connectivity index (χ1v) is 10.7. The fourth-order valence-corrected chi connectivity index (χ4v) is 4.62. The van der Waals surface area contributed by atoms with Gasteiger partial charge in [-0.1, -0.05) is 17.4 Å². The Morgan fingerprint density at radius 2 is 2.00 bits per heavy atom. The van der Waals surface area contributed by atoms with E-state index in [1.807, 2.05) is 0 Å². The number of hydrogen-bond acceptors (Lipinski definition) is 5. The lowest BCUT2D eigenvalue weighted by Gasteiger charge is -2.31. The molecule has 4 rings (SSSR count). The fourth-order valence-electron chi connectivity index (χ4n) is 3.51. The lowest BCUT2D eigenvalue weighted by atomic mass is 9.96. The first-order chi connectivity index (χ1) is 14.1. The second kappa shape index (κ2) is 8.78. The van der Waals surface area contributed by atoms with Gasteiger partial charge in [0.05, 0.1) is 16.8 Å². The molecule has 2 heterocycles. The highest BCUT2D eigenvalue weighted by Crippen LogP contribution is 2.32. The summed E-state index contributed by atoms with van der Waals surface area (Å²) in [5.41, 5.74) is 2.28. The molecule has 3 aromatic rings. The quantitative estimate of drug-likeness (QED) is 0.617. The number of amides is 1. The molecule has 0 unspecified atom stereocenters. The van der Waals surface area contributed by atoms with Gasteiger partial charge in [0, 0.05) is 19.0 Å². The summed E-state index contributed by atoms with van der Waals surface area (Å²) in [5, 5.41) is 3.99. The van der Waals surface area contributed by atoms with Crippen molar-refractivity contribution in [2.45, 2.75) is 19.8 Å². The summed E-state index contributed by atoms with van der Waals surface area (Å²) in [4.78, 5) is 19.5. The molecular formula is C22H24FN3O2S. The molecule has 0 saturated carbocycles. The number of anilines is 1. The third-order valence-corrected chi connectivity index (χ3v) is 6.23. The smallest absolute Gasteiger partial charge is 0.223 e. The van der Waals surface area contributed by atoms with Crippen molar-refractivity contribution in [3.63, 3.8) is 0 Å². The Labute approximate surface area is 173 Å². The summed E-state index contributed by atoms with van der Waals surface area (Å²) < 4.78 is 19.6. The molecule has 152 valence electrons. The van der Waals surface area contributed by atoms with Gasteiger partial charge < -0.3 is 15.0 Å². The van der Waals surface area contributed by atoms with Crippen LogP contribution in [0.3, 0.4) is 0 Å². The van der Waals surface area contributed by atoms with Crippen LogP contribution in [0.2, 0.25) is 0 Å². The molecule has 0 spiro atoms. The molecule has 1 amide bonds. The van der Waals surface area contributed by atoms with Crippen LogP contribution < -0.4 is 15.0 Å². The molecule has 0 aliphatic carbocycles. The molecule has 0 atom stereocenters. The van der Waals surface area contributed by atoms with E-state index in [4.69, 9.17) is 9.72 Å². The summed E-state index contributed by atoms with van der Waals surface area (Å²) in [7, 11) is 0. The molecule has 5 nitrogen and oxygen atoms in total. The van der Waals surface area contributed by atoms with Gasteiger partial charge in [-0.15, -0.1) is 0 Å². The maximum absolute atomic E-state index is 12.9. The maximum Gasteiger partial charge on any atom is 0.223 e. The Morgan fingerprint density at radius 3 is 2.76 bits per heavy atom. The van der Waals surface area contributed by atoms with Gasteiger partial charge in [-0.25, -0.2) is 9.37 Å². The second-order valence-corrected chi connectivity index (χ2v) is 8.33. The molecule has 1 fully saturated rings. The van der Waals surface area contributed by atoms with Crippen LogP contribution >= 0.6 is 11.3 Å². The number of thiazole rings is 1. The van der Waals surface area contributed by atoms with Gasteiger partial charge >= 0.3 is 0 Å². The van der Waals surface area contributed by atoms with E-state index in [1.165, 1.54) is 22.4 Å². The van der Waals surface area contributed by atoms with Crippen LogP contribution in [0, 0.1) is 18.7 Å². The van der Waals surface area contributed by atoms with Gasteiger partial charge in [0.2, 0.25) is 5.91 Å². The molecule has 0 radical (unpaired) electrons. The Morgan fingerprint density at radius 1 is 1.24 bits per heavy atom. The lowest BCUT2D eigenvalue weighted by molar-refractivity contribution is -0.125. The third kappa shape index (κ3) is 4.85. The average Bonchev–Trinajstić information content (AvgIpc) is 3.15. The van der Waals surface area contributed by atoms with Crippen LogP contribution in [-0.2, 0) is 4.79 Å². The topological polar surface area (TPSA) is 54.5 Å². The van der Waals surface area contributed by atoms with E-state index in [-0.39, 0.29) is 17.6 Å². The third-order valence-electron chi connectivity index (χ3n) is 5.15. The summed E-state index contributed by atoms with van der Waals surface area (Å²) in [5.74, 6) is 0.402. The fraction of sp³-hybridized carbons (Fsp3) is 0.364. The number of carbonyl (C=O) groups is 1. The molecular weight excluding hydrogens is 389 g/mol. The van der Waals surface area contributed by atoms with Crippen molar-refractivity contribution in [1.29, 1.82) is 0 Å². The van der Waals surface area contributed by atoms with Gasteiger partial charge in [0.15, 0.2) is 5.13 Å². The molecule has 2 aromatic carbocycles. The average molecular weight is 414 g/mol. The number of nitrogens with zero attached hydrogens (tertiary/aromatic N) is 2. The predicted molar refractivity (Wildman–Crippen MR) is 114 cm³/mol. The largest absolute Gasteiger partial charge is 0.492 e. The first-order valence-electron chi connectivity index (χ1n) is 9.87. The Bertz CT molecular complexity index is 981. The van der Waals surface area contributed by atoms with E-state index in [2.05, 4.69) is 35.3 Å². The SMILES string of the molecule is Cc1ccc2nc(N3CCC(C(=O)NCCOc4ccc(F)cc4)CC3)sc2c1. The zero-order valence-electron chi connectivity index (χ0n) is 16.4. The van der Waals surface area contributed by atoms with Crippen LogP contribution in [-0.4, -0.2) is 37.1 Å². The highest BCUT2D eigenvalue weighted by molar-refractivity contribution is 7.22. The van der Waals surface area contributed by atoms with Crippen molar-refractivity contribution in [3.05, 3.63) is 53.8 Å². The number of fused-ring (bicyclic) bond motifs is 1. The zero-order chi connectivity index (χ0) is 20.2. The predicted octanol–water partition coefficient (Wildman–Crippen LogP) is 4.16. The van der Waals surface area contributed by atoms with Crippen molar-refractivity contribution in [2.24, 2.45) is 5.92 Å². The van der Waals surface area contributed by atoms with Gasteiger partial charge in [-0.05, 0) is 61.7 Å². The summed E-state index contributed by atoms with van der Waals surface area (Å²) in [6, 6.07) is 12.2. The molecule has 1 aliphatic heterocycles. The number of nitrogens with one attached hydrogen (secondary N) is 1. The highest BCUT2D eigenvalue weighted by Gasteiger charge is 2.26. The van der Waals surface area contributed by atoms with Crippen LogP contribution in [0.4, 0.5) is 9.52 Å². The van der Waals surface area contributed by atoms with Gasteiger partial charge in [-0.3, -0.25) is 4.79 Å². The number of benzene rings is 2. The molecule has 1 saturated heterocycles. The van der Waals surface area contributed by atoms with E-state index in [0.29, 0.717) is 18.9 Å². The molecule has 7 heteroatoms. The van der Waals surface area contributed by atoms with Crippen molar-refractivity contribution in [1.82, 2.24) is 10.3 Å². The van der Waals surface area contributed by atoms with E-state index in [0.717, 1.165) is 36.6 Å². The lowest BCUT2D eigenvalue weighted by Crippen LogP contribution is -2.41. The second-order valence-electron chi connectivity index (χ2n) is 7.32. The zero-order valence-corrected chi connectivity index (χ0v) is 17.2. The number of halogens is 1. The Hall–Kier alpha value is -2.67. The number of rotatable bonds is 6. The normalized spacial score (nSPS) is 14.9. The van der Waals surface area contributed by atoms with Gasteiger partial charge in [-0.2, -0.15) is 0 Å². The molecule has 1 aliphatic rings. The number of aromatic nitrogens is 1. The number of ether oxygens (including phenoxy) is 1. The van der Waals surface area contributed by atoms with Crippen LogP contribution in [0.1, 0.15) is 18.4 Å². The van der Waals surface area contributed by atoms with E-state index < -0.39 is 0 Å². The van der Waals surface area contributed by atoms with Crippen LogP contribution in [0.15, 0.2) is 42.5 Å². The molecule has 29 heavy (non-hydrogen) atoms. The Balaban J connectivity index is 1.22. The summed E-state index contributed by atoms with van der Waals surface area (Å²) in [6.07, 6.45) is 1.64. The first kappa shape index (κ1) is 19.6. The standard InChI is InChI=1S/C22H24FN3O2S/c1-15-2-7-19-20(14-15)29-22(25-19)26-11-8-16(9-12-26)21(27)24-10-13-28-18-5-3-17(23)4-6-18/h2-7,14,16H,8-13H2,1H3,(H,24,27). The summed E-state index contributed by atoms with van der Waals surface area (Å²) >= 11 is 1.72. The van der Waals surface area contributed by atoms with E-state index in [1.54, 1.807) is 23.5 Å². The molecule has 1 aromatic heterocycles. The number of piperidine rings is 1. The minimum atomic E-state index is -0.294. The minimum absolute atomic E-state index is 0.0219. The van der Waals surface area contributed by atoms with E-state index >= 15 is 0 Å². The number of hydrogen-bond donors (Lipinski definition) is 1. The summed E-state index contributed by atoms with van der Waals surface area (Å²) in [6.45, 7) is 4.56. The highest BCUT2D eigenvalue weighted by atomic mass is 32.1. The van der Waals surface area contributed by atoms with Crippen molar-refractivity contribution >= 4 is 32.6 Å². The van der Waals surface area contributed by atoms with E-state index in [9.17, 15) is 9.18 Å². The monoisotopic (exact) mass is 413 g/mol. The van der Waals surface area contributed by atoms with Gasteiger partial charge in [0.1, 0.15) is 18.2 Å². The number of aryl methyl sites for hydroxylation is 1. The Kier molecular flexibility index (Phi) is 5.94. The van der Waals surface area contributed by atoms with Crippen LogP contribution in [0.5, 0.6) is 5.75 Å². The molecule has 1 N–H and O–H groups in total. The molecule has 0 bridgehead atoms. The van der Waals surface area contributed by atoms with Gasteiger partial charge in [0.25, 0.3) is 0 Å². The van der Waals surface area contributed by atoms with Crippen LogP contribution in [0.25, 0.3) is 10.2 Å². The van der Waals surface area contributed by atoms with Crippen molar-refractivity contribution in [2.75, 3.05) is 31.1 Å². The maximum atomic E-state index is 12.9.